The topological polar surface area (TPSA) is 69.8 Å². The number of amides is 1. The second kappa shape index (κ2) is 6.91. The number of benzene rings is 1. The summed E-state index contributed by atoms with van der Waals surface area (Å²) < 4.78 is 0. The van der Waals surface area contributed by atoms with Gasteiger partial charge in [0, 0.05) is 17.5 Å². The van der Waals surface area contributed by atoms with E-state index in [9.17, 15) is 4.79 Å². The maximum absolute atomic E-state index is 12.0. The van der Waals surface area contributed by atoms with Crippen LogP contribution in [0.2, 0.25) is 0 Å². The summed E-state index contributed by atoms with van der Waals surface area (Å²) in [6.45, 7) is 4.14. The quantitative estimate of drug-likeness (QED) is 0.813. The fourth-order valence-electron chi connectivity index (χ4n) is 2.75. The molecule has 1 aliphatic heterocycles. The minimum atomic E-state index is 0. The Morgan fingerprint density at radius 2 is 2.33 bits per heavy atom. The average molecular weight is 309 g/mol. The van der Waals surface area contributed by atoms with Crippen LogP contribution in [0.4, 0.5) is 5.69 Å². The first-order chi connectivity index (χ1) is 9.72. The molecule has 114 valence electrons. The Balaban J connectivity index is 0.00000161. The maximum atomic E-state index is 12.0. The molecule has 21 heavy (non-hydrogen) atoms. The number of hydrogen-bond acceptors (Lipinski definition) is 3. The van der Waals surface area contributed by atoms with Crippen molar-refractivity contribution >= 4 is 34.9 Å². The molecule has 3 rings (SSSR count). The van der Waals surface area contributed by atoms with E-state index in [-0.39, 0.29) is 18.3 Å². The highest BCUT2D eigenvalue weighted by Gasteiger charge is 2.16. The van der Waals surface area contributed by atoms with Crippen LogP contribution in [0.1, 0.15) is 24.8 Å². The van der Waals surface area contributed by atoms with Gasteiger partial charge in [-0.3, -0.25) is 9.89 Å². The van der Waals surface area contributed by atoms with E-state index in [1.54, 1.807) is 6.20 Å². The van der Waals surface area contributed by atoms with Crippen molar-refractivity contribution < 1.29 is 4.79 Å². The molecule has 1 aromatic heterocycles. The van der Waals surface area contributed by atoms with Gasteiger partial charge in [0.15, 0.2) is 0 Å². The molecule has 0 aliphatic carbocycles. The molecule has 1 aromatic carbocycles. The highest BCUT2D eigenvalue weighted by Crippen LogP contribution is 2.22. The Hall–Kier alpha value is -1.59. The molecule has 6 heteroatoms. The summed E-state index contributed by atoms with van der Waals surface area (Å²) in [4.78, 5) is 12.0. The van der Waals surface area contributed by atoms with Gasteiger partial charge in [0.05, 0.1) is 11.7 Å². The van der Waals surface area contributed by atoms with E-state index >= 15 is 0 Å². The van der Waals surface area contributed by atoms with Crippen LogP contribution in [0.15, 0.2) is 18.3 Å². The van der Waals surface area contributed by atoms with Crippen molar-refractivity contribution in [2.75, 3.05) is 18.4 Å². The minimum absolute atomic E-state index is 0. The van der Waals surface area contributed by atoms with E-state index < -0.39 is 0 Å². The van der Waals surface area contributed by atoms with Crippen molar-refractivity contribution in [3.63, 3.8) is 0 Å². The van der Waals surface area contributed by atoms with Crippen LogP contribution in [0.25, 0.3) is 10.9 Å². The van der Waals surface area contributed by atoms with Gasteiger partial charge in [0.25, 0.3) is 0 Å². The highest BCUT2D eigenvalue weighted by atomic mass is 35.5. The summed E-state index contributed by atoms with van der Waals surface area (Å²) in [5.74, 6) is 0.746. The number of nitrogens with zero attached hydrogens (tertiary/aromatic N) is 1. The number of hydrogen-bond donors (Lipinski definition) is 3. The first-order valence-electron chi connectivity index (χ1n) is 7.16. The molecular weight excluding hydrogens is 288 g/mol. The molecule has 0 radical (unpaired) electrons. The summed E-state index contributed by atoms with van der Waals surface area (Å²) in [7, 11) is 0. The van der Waals surface area contributed by atoms with E-state index in [2.05, 4.69) is 20.8 Å². The minimum Gasteiger partial charge on any atom is -0.326 e. The van der Waals surface area contributed by atoms with Gasteiger partial charge < -0.3 is 10.6 Å². The number of aromatic nitrogens is 2. The van der Waals surface area contributed by atoms with Crippen molar-refractivity contribution in [1.29, 1.82) is 0 Å². The van der Waals surface area contributed by atoms with Gasteiger partial charge in [-0.2, -0.15) is 5.10 Å². The molecular formula is C15H21ClN4O. The van der Waals surface area contributed by atoms with Gasteiger partial charge >= 0.3 is 0 Å². The van der Waals surface area contributed by atoms with Gasteiger partial charge in [-0.25, -0.2) is 0 Å². The molecule has 1 saturated heterocycles. The summed E-state index contributed by atoms with van der Waals surface area (Å²) in [5.41, 5.74) is 2.89. The number of anilines is 1. The first kappa shape index (κ1) is 15.8. The van der Waals surface area contributed by atoms with Crippen LogP contribution in [-0.2, 0) is 4.79 Å². The summed E-state index contributed by atoms with van der Waals surface area (Å²) in [5, 5.41) is 14.3. The zero-order valence-corrected chi connectivity index (χ0v) is 12.9. The predicted molar refractivity (Wildman–Crippen MR) is 86.9 cm³/mol. The van der Waals surface area contributed by atoms with E-state index in [4.69, 9.17) is 0 Å². The first-order valence-corrected chi connectivity index (χ1v) is 7.16. The Morgan fingerprint density at radius 3 is 3.10 bits per heavy atom. The lowest BCUT2D eigenvalue weighted by atomic mass is 10.0. The molecule has 1 amide bonds. The number of halogens is 1. The number of H-pyrrole nitrogens is 1. The molecule has 0 spiro atoms. The molecule has 2 heterocycles. The highest BCUT2D eigenvalue weighted by molar-refractivity contribution is 5.94. The van der Waals surface area contributed by atoms with Crippen molar-refractivity contribution in [1.82, 2.24) is 15.5 Å². The maximum Gasteiger partial charge on any atom is 0.224 e. The monoisotopic (exact) mass is 308 g/mol. The summed E-state index contributed by atoms with van der Waals surface area (Å²) in [6.07, 6.45) is 4.53. The van der Waals surface area contributed by atoms with Gasteiger partial charge in [0.2, 0.25) is 5.91 Å². The van der Waals surface area contributed by atoms with Crippen LogP contribution in [0, 0.1) is 12.8 Å². The van der Waals surface area contributed by atoms with Gasteiger partial charge in [0.1, 0.15) is 0 Å². The summed E-state index contributed by atoms with van der Waals surface area (Å²) in [6, 6.07) is 3.99. The van der Waals surface area contributed by atoms with E-state index in [1.165, 1.54) is 6.42 Å². The van der Waals surface area contributed by atoms with Crippen LogP contribution in [0.3, 0.4) is 0 Å². The van der Waals surface area contributed by atoms with E-state index in [1.807, 2.05) is 19.1 Å². The van der Waals surface area contributed by atoms with Gasteiger partial charge in [-0.15, -0.1) is 12.4 Å². The number of aryl methyl sites for hydroxylation is 1. The number of carbonyl (C=O) groups is 1. The molecule has 1 fully saturated rings. The molecule has 2 aromatic rings. The van der Waals surface area contributed by atoms with Crippen molar-refractivity contribution in [3.05, 3.63) is 23.9 Å². The van der Waals surface area contributed by atoms with Crippen LogP contribution >= 0.6 is 12.4 Å². The van der Waals surface area contributed by atoms with Crippen LogP contribution in [0.5, 0.6) is 0 Å². The molecule has 0 saturated carbocycles. The average Bonchev–Trinajstić information content (AvgIpc) is 3.07. The Kier molecular flexibility index (Phi) is 5.20. The Bertz CT molecular complexity index is 619. The zero-order chi connectivity index (χ0) is 13.9. The number of aromatic amines is 1. The van der Waals surface area contributed by atoms with Crippen molar-refractivity contribution in [2.24, 2.45) is 5.92 Å². The zero-order valence-electron chi connectivity index (χ0n) is 12.1. The second-order valence-electron chi connectivity index (χ2n) is 5.57. The number of nitrogens with one attached hydrogen (secondary N) is 3. The molecule has 0 bridgehead atoms. The molecule has 5 nitrogen and oxygen atoms in total. The largest absolute Gasteiger partial charge is 0.326 e. The Labute approximate surface area is 130 Å². The third-order valence-electron chi connectivity index (χ3n) is 4.00. The third-order valence-corrected chi connectivity index (χ3v) is 4.00. The Morgan fingerprint density at radius 1 is 1.48 bits per heavy atom. The number of fused-ring (bicyclic) bond motifs is 1. The molecule has 1 atom stereocenters. The smallest absolute Gasteiger partial charge is 0.224 e. The number of rotatable bonds is 4. The molecule has 1 aliphatic rings. The number of carbonyl (C=O) groups excluding carboxylic acids is 1. The predicted octanol–water partition coefficient (Wildman–Crippen LogP) is 2.62. The third kappa shape index (κ3) is 3.74. The lowest BCUT2D eigenvalue weighted by Gasteiger charge is -2.10. The van der Waals surface area contributed by atoms with Crippen LogP contribution < -0.4 is 10.6 Å². The second-order valence-corrected chi connectivity index (χ2v) is 5.57. The fraction of sp³-hybridized carbons (Fsp3) is 0.467. The van der Waals surface area contributed by atoms with Gasteiger partial charge in [-0.05, 0) is 56.5 Å². The van der Waals surface area contributed by atoms with Crippen LogP contribution in [-0.4, -0.2) is 29.2 Å². The lowest BCUT2D eigenvalue weighted by Crippen LogP contribution is -2.15. The van der Waals surface area contributed by atoms with Crippen molar-refractivity contribution in [2.45, 2.75) is 26.2 Å². The van der Waals surface area contributed by atoms with Gasteiger partial charge in [-0.1, -0.05) is 0 Å². The summed E-state index contributed by atoms with van der Waals surface area (Å²) >= 11 is 0. The van der Waals surface area contributed by atoms with E-state index in [0.717, 1.165) is 41.7 Å². The normalized spacial score (nSPS) is 17.7. The molecule has 3 N–H and O–H groups in total. The van der Waals surface area contributed by atoms with Crippen molar-refractivity contribution in [3.8, 4) is 0 Å². The fourth-order valence-corrected chi connectivity index (χ4v) is 2.75. The van der Waals surface area contributed by atoms with E-state index in [0.29, 0.717) is 12.3 Å². The standard InChI is InChI=1S/C15H20N4O.ClH/c1-10-6-12-9-17-19-14(12)7-13(10)18-15(20)3-2-11-4-5-16-8-11;/h6-7,9,11,16H,2-5,8H2,1H3,(H,17,19)(H,18,20);1H. The molecule has 1 unspecified atom stereocenters. The SMILES string of the molecule is Cc1cc2cn[nH]c2cc1NC(=O)CCC1CCNC1.Cl. The lowest BCUT2D eigenvalue weighted by molar-refractivity contribution is -0.116.